The van der Waals surface area contributed by atoms with Crippen molar-refractivity contribution in [3.63, 3.8) is 0 Å². The maximum Gasteiger partial charge on any atom is 0.414 e. The summed E-state index contributed by atoms with van der Waals surface area (Å²) in [5, 5.41) is 12.5. The lowest BCUT2D eigenvalue weighted by Crippen LogP contribution is -2.37. The van der Waals surface area contributed by atoms with E-state index in [2.05, 4.69) is 14.7 Å². The van der Waals surface area contributed by atoms with Crippen LogP contribution in [0.3, 0.4) is 0 Å². The van der Waals surface area contributed by atoms with Crippen LogP contribution in [0.15, 0.2) is 4.52 Å². The highest BCUT2D eigenvalue weighted by Gasteiger charge is 2.39. The molecule has 1 aliphatic rings. The van der Waals surface area contributed by atoms with Gasteiger partial charge in [0, 0.05) is 13.1 Å². The van der Waals surface area contributed by atoms with Crippen LogP contribution in [0.1, 0.15) is 5.89 Å². The van der Waals surface area contributed by atoms with E-state index in [1.165, 1.54) is 0 Å². The second kappa shape index (κ2) is 5.11. The fourth-order valence-corrected chi connectivity index (χ4v) is 1.50. The lowest BCUT2D eigenvalue weighted by Gasteiger charge is -2.24. The number of morpholine rings is 1. The number of anilines is 1. The summed E-state index contributed by atoms with van der Waals surface area (Å²) in [5.41, 5.74) is 0. The molecule has 1 aromatic rings. The topological polar surface area (TPSA) is 71.6 Å². The van der Waals surface area contributed by atoms with E-state index < -0.39 is 18.7 Å². The summed E-state index contributed by atoms with van der Waals surface area (Å²) in [5.74, 6) is -0.0102. The number of aliphatic hydroxyl groups excluding tert-OH is 1. The molecule has 1 aliphatic heterocycles. The van der Waals surface area contributed by atoms with Gasteiger partial charge in [-0.1, -0.05) is 0 Å². The molecule has 0 spiro atoms. The Hall–Kier alpha value is -1.35. The van der Waals surface area contributed by atoms with Crippen LogP contribution in [0.5, 0.6) is 0 Å². The van der Waals surface area contributed by atoms with Crippen LogP contribution in [0.4, 0.5) is 19.1 Å². The SMILES string of the molecule is OC(Cc1nc(N2CCOCC2)no1)C(F)(F)F. The maximum absolute atomic E-state index is 12.1. The number of aromatic nitrogens is 2. The predicted molar refractivity (Wildman–Crippen MR) is 53.1 cm³/mol. The Labute approximate surface area is 100 Å². The molecule has 1 fully saturated rings. The molecule has 0 bridgehead atoms. The molecule has 0 amide bonds. The maximum atomic E-state index is 12.1. The molecule has 1 N–H and O–H groups in total. The first kappa shape index (κ1) is 13.1. The number of nitrogens with zero attached hydrogens (tertiary/aromatic N) is 3. The van der Waals surface area contributed by atoms with Gasteiger partial charge in [-0.15, -0.1) is 0 Å². The molecule has 1 saturated heterocycles. The summed E-state index contributed by atoms with van der Waals surface area (Å²) in [6.07, 6.45) is -7.91. The van der Waals surface area contributed by atoms with Crippen LogP contribution in [0, 0.1) is 0 Å². The van der Waals surface area contributed by atoms with E-state index in [0.717, 1.165) is 0 Å². The molecule has 18 heavy (non-hydrogen) atoms. The van der Waals surface area contributed by atoms with Crippen LogP contribution >= 0.6 is 0 Å². The zero-order valence-corrected chi connectivity index (χ0v) is 9.35. The lowest BCUT2D eigenvalue weighted by molar-refractivity contribution is -0.204. The Balaban J connectivity index is 1.97. The predicted octanol–water partition coefficient (Wildman–Crippen LogP) is 0.372. The van der Waals surface area contributed by atoms with E-state index in [-0.39, 0.29) is 11.8 Å². The van der Waals surface area contributed by atoms with Gasteiger partial charge in [0.15, 0.2) is 6.10 Å². The van der Waals surface area contributed by atoms with E-state index in [9.17, 15) is 13.2 Å². The smallest absolute Gasteiger partial charge is 0.383 e. The van der Waals surface area contributed by atoms with Gasteiger partial charge in [-0.2, -0.15) is 18.2 Å². The molecule has 0 radical (unpaired) electrons. The van der Waals surface area contributed by atoms with Gasteiger partial charge >= 0.3 is 6.18 Å². The third kappa shape index (κ3) is 3.10. The zero-order valence-electron chi connectivity index (χ0n) is 9.35. The molecule has 1 unspecified atom stereocenters. The standard InChI is InChI=1S/C9H12F3N3O3/c10-9(11,12)6(16)5-7-13-8(14-18-7)15-1-3-17-4-2-15/h6,16H,1-5H2. The van der Waals surface area contributed by atoms with Gasteiger partial charge in [-0.25, -0.2) is 0 Å². The number of hydrogen-bond donors (Lipinski definition) is 1. The molecular formula is C9H12F3N3O3. The molecule has 2 rings (SSSR count). The minimum Gasteiger partial charge on any atom is -0.383 e. The quantitative estimate of drug-likeness (QED) is 0.853. The first-order valence-corrected chi connectivity index (χ1v) is 5.37. The number of aliphatic hydroxyl groups is 1. The molecule has 0 aromatic carbocycles. The van der Waals surface area contributed by atoms with Crippen LogP contribution in [0.2, 0.25) is 0 Å². The Morgan fingerprint density at radius 2 is 2.00 bits per heavy atom. The number of hydrogen-bond acceptors (Lipinski definition) is 6. The highest BCUT2D eigenvalue weighted by Crippen LogP contribution is 2.23. The van der Waals surface area contributed by atoms with Crippen LogP contribution in [0.25, 0.3) is 0 Å². The fourth-order valence-electron chi connectivity index (χ4n) is 1.50. The Kier molecular flexibility index (Phi) is 3.71. The van der Waals surface area contributed by atoms with Crippen molar-refractivity contribution in [3.8, 4) is 0 Å². The largest absolute Gasteiger partial charge is 0.414 e. The van der Waals surface area contributed by atoms with Crippen LogP contribution in [-0.2, 0) is 11.2 Å². The van der Waals surface area contributed by atoms with Gasteiger partial charge in [0.25, 0.3) is 5.95 Å². The molecule has 1 aromatic heterocycles. The van der Waals surface area contributed by atoms with Crippen molar-refractivity contribution in [2.45, 2.75) is 18.7 Å². The molecule has 2 heterocycles. The number of rotatable bonds is 3. The second-order valence-electron chi connectivity index (χ2n) is 3.85. The van der Waals surface area contributed by atoms with E-state index in [1.54, 1.807) is 4.90 Å². The molecule has 6 nitrogen and oxygen atoms in total. The summed E-state index contributed by atoms with van der Waals surface area (Å²) in [4.78, 5) is 5.57. The van der Waals surface area contributed by atoms with Gasteiger partial charge < -0.3 is 19.3 Å². The van der Waals surface area contributed by atoms with Crippen molar-refractivity contribution >= 4 is 5.95 Å². The van der Waals surface area contributed by atoms with E-state index in [4.69, 9.17) is 9.84 Å². The first-order chi connectivity index (χ1) is 8.47. The van der Waals surface area contributed by atoms with E-state index in [1.807, 2.05) is 0 Å². The third-order valence-corrected chi connectivity index (χ3v) is 2.50. The van der Waals surface area contributed by atoms with Crippen molar-refractivity contribution in [1.29, 1.82) is 0 Å². The molecule has 1 atom stereocenters. The van der Waals surface area contributed by atoms with Crippen LogP contribution < -0.4 is 4.90 Å². The number of alkyl halides is 3. The van der Waals surface area contributed by atoms with Crippen molar-refractivity contribution in [3.05, 3.63) is 5.89 Å². The minimum atomic E-state index is -4.69. The highest BCUT2D eigenvalue weighted by molar-refractivity contribution is 5.28. The van der Waals surface area contributed by atoms with Crippen molar-refractivity contribution < 1.29 is 27.5 Å². The molecule has 9 heteroatoms. The summed E-state index contributed by atoms with van der Waals surface area (Å²) >= 11 is 0. The molecular weight excluding hydrogens is 255 g/mol. The lowest BCUT2D eigenvalue weighted by atomic mass is 10.2. The molecule has 0 saturated carbocycles. The van der Waals surface area contributed by atoms with Gasteiger partial charge in [-0.3, -0.25) is 0 Å². The Morgan fingerprint density at radius 3 is 2.61 bits per heavy atom. The number of ether oxygens (including phenoxy) is 1. The normalized spacial score (nSPS) is 19.0. The molecule has 0 aliphatic carbocycles. The van der Waals surface area contributed by atoms with Gasteiger partial charge in [0.1, 0.15) is 0 Å². The number of halogens is 3. The van der Waals surface area contributed by atoms with E-state index >= 15 is 0 Å². The second-order valence-corrected chi connectivity index (χ2v) is 3.85. The monoisotopic (exact) mass is 267 g/mol. The van der Waals surface area contributed by atoms with Gasteiger partial charge in [0.2, 0.25) is 5.89 Å². The third-order valence-electron chi connectivity index (χ3n) is 2.50. The van der Waals surface area contributed by atoms with Gasteiger partial charge in [-0.05, 0) is 5.16 Å². The Bertz CT molecular complexity index is 390. The van der Waals surface area contributed by atoms with E-state index in [0.29, 0.717) is 26.3 Å². The van der Waals surface area contributed by atoms with Gasteiger partial charge in [0.05, 0.1) is 19.6 Å². The summed E-state index contributed by atoms with van der Waals surface area (Å²) in [6.45, 7) is 2.13. The summed E-state index contributed by atoms with van der Waals surface area (Å²) < 4.78 is 46.2. The minimum absolute atomic E-state index is 0.225. The highest BCUT2D eigenvalue weighted by atomic mass is 19.4. The summed E-state index contributed by atoms with van der Waals surface area (Å²) in [6, 6.07) is 0. The van der Waals surface area contributed by atoms with Crippen molar-refractivity contribution in [2.75, 3.05) is 31.2 Å². The van der Waals surface area contributed by atoms with Crippen molar-refractivity contribution in [1.82, 2.24) is 10.1 Å². The first-order valence-electron chi connectivity index (χ1n) is 5.37. The van der Waals surface area contributed by atoms with Crippen molar-refractivity contribution in [2.24, 2.45) is 0 Å². The van der Waals surface area contributed by atoms with Crippen LogP contribution in [-0.4, -0.2) is 53.8 Å². The molecule has 102 valence electrons. The summed E-state index contributed by atoms with van der Waals surface area (Å²) in [7, 11) is 0. The average Bonchev–Trinajstić information content (AvgIpc) is 2.77. The fraction of sp³-hybridized carbons (Fsp3) is 0.778. The average molecular weight is 267 g/mol. The zero-order chi connectivity index (χ0) is 13.2. The Morgan fingerprint density at radius 1 is 1.33 bits per heavy atom.